The summed E-state index contributed by atoms with van der Waals surface area (Å²) in [7, 11) is 4.11. The maximum atomic E-state index is 5.68. The topological polar surface area (TPSA) is 41.5 Å². The van der Waals surface area contributed by atoms with E-state index in [2.05, 4.69) is 39.3 Å². The molecule has 5 nitrogen and oxygen atoms in total. The van der Waals surface area contributed by atoms with Crippen molar-refractivity contribution in [1.82, 2.24) is 14.9 Å². The number of fused-ring (bicyclic) bond motifs is 3. The largest absolute Gasteiger partial charge is 0.496 e. The first-order chi connectivity index (χ1) is 15.2. The molecule has 2 unspecified atom stereocenters. The Morgan fingerprint density at radius 3 is 2.48 bits per heavy atom. The molecule has 2 saturated heterocycles. The Hall–Kier alpha value is -2.18. The van der Waals surface area contributed by atoms with Crippen molar-refractivity contribution < 1.29 is 4.74 Å². The number of benzene rings is 1. The molecule has 1 aliphatic carbocycles. The van der Waals surface area contributed by atoms with Gasteiger partial charge in [-0.3, -0.25) is 0 Å². The molecule has 3 aromatic rings. The third kappa shape index (κ3) is 3.14. The highest BCUT2D eigenvalue weighted by Crippen LogP contribution is 2.47. The van der Waals surface area contributed by atoms with Crippen LogP contribution in [-0.4, -0.2) is 53.2 Å². The first-order valence-corrected chi connectivity index (χ1v) is 12.5. The number of hydrogen-bond donors (Lipinski definition) is 0. The van der Waals surface area contributed by atoms with Crippen LogP contribution in [0.25, 0.3) is 21.3 Å². The monoisotopic (exact) mass is 434 g/mol. The van der Waals surface area contributed by atoms with Crippen molar-refractivity contribution in [2.24, 2.45) is 0 Å². The Labute approximate surface area is 188 Å². The molecule has 0 radical (unpaired) electrons. The highest BCUT2D eigenvalue weighted by atomic mass is 32.1. The molecule has 31 heavy (non-hydrogen) atoms. The number of thiophene rings is 1. The van der Waals surface area contributed by atoms with Gasteiger partial charge in [0.15, 0.2) is 0 Å². The molecule has 2 aliphatic heterocycles. The van der Waals surface area contributed by atoms with Gasteiger partial charge in [-0.15, -0.1) is 11.3 Å². The van der Waals surface area contributed by atoms with Gasteiger partial charge in [0.25, 0.3) is 0 Å². The van der Waals surface area contributed by atoms with Gasteiger partial charge in [0.1, 0.15) is 22.7 Å². The highest BCUT2D eigenvalue weighted by Gasteiger charge is 2.44. The van der Waals surface area contributed by atoms with Gasteiger partial charge in [0.05, 0.1) is 12.5 Å². The zero-order valence-electron chi connectivity index (χ0n) is 18.3. The fourth-order valence-corrected chi connectivity index (χ4v) is 6.94. The lowest BCUT2D eigenvalue weighted by Gasteiger charge is -2.47. The van der Waals surface area contributed by atoms with Crippen LogP contribution in [0, 0.1) is 0 Å². The number of nitrogens with zero attached hydrogens (tertiary/aromatic N) is 4. The van der Waals surface area contributed by atoms with Gasteiger partial charge in [0, 0.05) is 40.7 Å². The lowest BCUT2D eigenvalue weighted by molar-refractivity contribution is 0.0859. The Bertz CT molecular complexity index is 1080. The van der Waals surface area contributed by atoms with Crippen molar-refractivity contribution in [2.75, 3.05) is 19.1 Å². The molecule has 2 aromatic heterocycles. The molecule has 162 valence electrons. The third-order valence-electron chi connectivity index (χ3n) is 7.93. The Morgan fingerprint density at radius 2 is 1.77 bits per heavy atom. The van der Waals surface area contributed by atoms with Crippen molar-refractivity contribution in [2.45, 2.75) is 69.1 Å². The van der Waals surface area contributed by atoms with Crippen molar-refractivity contribution in [3.8, 4) is 16.9 Å². The fraction of sp³-hybridized carbons (Fsp3) is 0.520. The first kappa shape index (κ1) is 19.5. The molecule has 6 rings (SSSR count). The van der Waals surface area contributed by atoms with Crippen LogP contribution in [0.1, 0.15) is 44.9 Å². The minimum atomic E-state index is 0.579. The normalized spacial score (nSPS) is 25.9. The van der Waals surface area contributed by atoms with Crippen LogP contribution in [0.15, 0.2) is 36.0 Å². The summed E-state index contributed by atoms with van der Waals surface area (Å²) >= 11 is 1.71. The summed E-state index contributed by atoms with van der Waals surface area (Å²) in [5.41, 5.74) is 2.32. The zero-order chi connectivity index (χ0) is 20.9. The van der Waals surface area contributed by atoms with E-state index in [1.807, 2.05) is 12.1 Å². The lowest BCUT2D eigenvalue weighted by Crippen LogP contribution is -2.53. The predicted molar refractivity (Wildman–Crippen MR) is 127 cm³/mol. The lowest BCUT2D eigenvalue weighted by atomic mass is 9.87. The van der Waals surface area contributed by atoms with Gasteiger partial charge in [-0.2, -0.15) is 0 Å². The average molecular weight is 435 g/mol. The van der Waals surface area contributed by atoms with Gasteiger partial charge in [-0.1, -0.05) is 24.6 Å². The average Bonchev–Trinajstić information content (AvgIpc) is 3.30. The summed E-state index contributed by atoms with van der Waals surface area (Å²) < 4.78 is 5.68. The molecule has 0 amide bonds. The number of ether oxygens (including phenoxy) is 1. The van der Waals surface area contributed by atoms with E-state index in [-0.39, 0.29) is 0 Å². The molecular weight excluding hydrogens is 404 g/mol. The van der Waals surface area contributed by atoms with Gasteiger partial charge >= 0.3 is 0 Å². The van der Waals surface area contributed by atoms with E-state index in [1.54, 1.807) is 24.8 Å². The Morgan fingerprint density at radius 1 is 1.00 bits per heavy atom. The van der Waals surface area contributed by atoms with E-state index >= 15 is 0 Å². The molecule has 4 heterocycles. The molecule has 6 heteroatoms. The number of hydrogen-bond acceptors (Lipinski definition) is 6. The number of methoxy groups -OCH3 is 1. The quantitative estimate of drug-likeness (QED) is 0.541. The maximum Gasteiger partial charge on any atom is 0.141 e. The minimum absolute atomic E-state index is 0.579. The Balaban J connectivity index is 1.38. The summed E-state index contributed by atoms with van der Waals surface area (Å²) in [6.45, 7) is 0. The second kappa shape index (κ2) is 7.75. The summed E-state index contributed by atoms with van der Waals surface area (Å²) in [4.78, 5) is 15.9. The smallest absolute Gasteiger partial charge is 0.141 e. The van der Waals surface area contributed by atoms with E-state index in [4.69, 9.17) is 9.72 Å². The standard InChI is InChI=1S/C25H30N4OS/c1-28(16-6-5-7-16)19-12-17-10-11-18(13-19)29(17)24-23-21(14-31-25(23)27-15-26-24)20-8-3-4-9-22(20)30-2/h3-4,8-9,14-19H,5-7,10-13H2,1-2H3. The van der Waals surface area contributed by atoms with Crippen molar-refractivity contribution in [3.05, 3.63) is 36.0 Å². The fourth-order valence-electron chi connectivity index (χ4n) is 6.04. The first-order valence-electron chi connectivity index (χ1n) is 11.6. The molecule has 0 N–H and O–H groups in total. The van der Waals surface area contributed by atoms with E-state index < -0.39 is 0 Å². The van der Waals surface area contributed by atoms with Crippen LogP contribution >= 0.6 is 11.3 Å². The third-order valence-corrected chi connectivity index (χ3v) is 8.81. The molecule has 0 spiro atoms. The summed E-state index contributed by atoms with van der Waals surface area (Å²) in [5.74, 6) is 2.03. The van der Waals surface area contributed by atoms with E-state index in [1.165, 1.54) is 55.9 Å². The maximum absolute atomic E-state index is 5.68. The van der Waals surface area contributed by atoms with Crippen LogP contribution in [0.3, 0.4) is 0 Å². The number of para-hydroxylation sites is 1. The van der Waals surface area contributed by atoms with E-state index in [9.17, 15) is 0 Å². The van der Waals surface area contributed by atoms with E-state index in [0.717, 1.165) is 28.0 Å². The number of aromatic nitrogens is 2. The van der Waals surface area contributed by atoms with Crippen molar-refractivity contribution in [3.63, 3.8) is 0 Å². The van der Waals surface area contributed by atoms with Crippen LogP contribution in [0.2, 0.25) is 0 Å². The Kier molecular flexibility index (Phi) is 4.87. The van der Waals surface area contributed by atoms with Gasteiger partial charge < -0.3 is 14.5 Å². The predicted octanol–water partition coefficient (Wildman–Crippen LogP) is 5.35. The van der Waals surface area contributed by atoms with Crippen LogP contribution in [0.4, 0.5) is 5.82 Å². The summed E-state index contributed by atoms with van der Waals surface area (Å²) in [6.07, 6.45) is 11.0. The molecule has 3 aliphatic rings. The van der Waals surface area contributed by atoms with Crippen molar-refractivity contribution >= 4 is 27.4 Å². The summed E-state index contributed by atoms with van der Waals surface area (Å²) in [5, 5.41) is 3.42. The van der Waals surface area contributed by atoms with Crippen molar-refractivity contribution in [1.29, 1.82) is 0 Å². The van der Waals surface area contributed by atoms with Gasteiger partial charge in [-0.25, -0.2) is 9.97 Å². The molecule has 1 aromatic carbocycles. The second-order valence-electron chi connectivity index (χ2n) is 9.39. The number of piperidine rings is 1. The number of anilines is 1. The highest BCUT2D eigenvalue weighted by molar-refractivity contribution is 7.17. The number of rotatable bonds is 5. The molecule has 3 fully saturated rings. The molecule has 2 bridgehead atoms. The molecule has 1 saturated carbocycles. The van der Waals surface area contributed by atoms with Crippen LogP contribution in [-0.2, 0) is 0 Å². The second-order valence-corrected chi connectivity index (χ2v) is 10.3. The van der Waals surface area contributed by atoms with E-state index in [0.29, 0.717) is 18.1 Å². The minimum Gasteiger partial charge on any atom is -0.496 e. The molecular formula is C25H30N4OS. The summed E-state index contributed by atoms with van der Waals surface area (Å²) in [6, 6.07) is 11.0. The zero-order valence-corrected chi connectivity index (χ0v) is 19.1. The molecule has 2 atom stereocenters. The SMILES string of the molecule is COc1ccccc1-c1csc2ncnc(N3C4CCC3CC(N(C)C3CCC3)C4)c12. The van der Waals surface area contributed by atoms with Gasteiger partial charge in [0.2, 0.25) is 0 Å². The van der Waals surface area contributed by atoms with Gasteiger partial charge in [-0.05, 0) is 51.6 Å². The van der Waals surface area contributed by atoms with Crippen LogP contribution < -0.4 is 9.64 Å². The van der Waals surface area contributed by atoms with Crippen LogP contribution in [0.5, 0.6) is 5.75 Å².